The highest BCUT2D eigenvalue weighted by Gasteiger charge is 2.32. The normalized spacial score (nSPS) is 21.4. The van der Waals surface area contributed by atoms with Gasteiger partial charge in [-0.1, -0.05) is 13.8 Å². The number of rotatable bonds is 3. The summed E-state index contributed by atoms with van der Waals surface area (Å²) < 4.78 is 0. The SMILES string of the molecule is CC1(C)CCCNC1CNC(=O)c1cc(=O)[nH]c(=O)[nH]1. The molecule has 4 N–H and O–H groups in total. The molecule has 0 aliphatic carbocycles. The average Bonchev–Trinajstić information content (AvgIpc) is 2.35. The van der Waals surface area contributed by atoms with Crippen LogP contribution in [0.3, 0.4) is 0 Å². The molecule has 1 aromatic heterocycles. The van der Waals surface area contributed by atoms with Gasteiger partial charge in [-0.3, -0.25) is 14.6 Å². The minimum atomic E-state index is -0.682. The molecule has 7 nitrogen and oxygen atoms in total. The number of carbonyl (C=O) groups excluding carboxylic acids is 1. The second-order valence-corrected chi connectivity index (χ2v) is 5.81. The summed E-state index contributed by atoms with van der Waals surface area (Å²) in [5.74, 6) is -0.448. The third-order valence-corrected chi connectivity index (χ3v) is 3.80. The molecule has 2 heterocycles. The zero-order valence-corrected chi connectivity index (χ0v) is 11.7. The minimum absolute atomic E-state index is 0.0210. The Bertz CT molecular complexity index is 574. The van der Waals surface area contributed by atoms with Gasteiger partial charge in [0.15, 0.2) is 0 Å². The Hall–Kier alpha value is -1.89. The summed E-state index contributed by atoms with van der Waals surface area (Å²) in [6, 6.07) is 1.25. The smallest absolute Gasteiger partial charge is 0.326 e. The van der Waals surface area contributed by atoms with Gasteiger partial charge in [0, 0.05) is 18.7 Å². The van der Waals surface area contributed by atoms with Gasteiger partial charge in [0.25, 0.3) is 11.5 Å². The van der Waals surface area contributed by atoms with Crippen LogP contribution in [0.4, 0.5) is 0 Å². The van der Waals surface area contributed by atoms with Gasteiger partial charge >= 0.3 is 5.69 Å². The van der Waals surface area contributed by atoms with E-state index in [1.165, 1.54) is 0 Å². The van der Waals surface area contributed by atoms with Gasteiger partial charge in [0.1, 0.15) is 5.69 Å². The van der Waals surface area contributed by atoms with Crippen LogP contribution in [-0.4, -0.2) is 35.0 Å². The quantitative estimate of drug-likeness (QED) is 0.602. The van der Waals surface area contributed by atoms with E-state index in [0.29, 0.717) is 6.54 Å². The summed E-state index contributed by atoms with van der Waals surface area (Å²) in [6.07, 6.45) is 2.22. The first kappa shape index (κ1) is 14.5. The van der Waals surface area contributed by atoms with Gasteiger partial charge in [0.2, 0.25) is 0 Å². The maximum Gasteiger partial charge on any atom is 0.326 e. The first-order chi connectivity index (χ1) is 9.38. The largest absolute Gasteiger partial charge is 0.349 e. The van der Waals surface area contributed by atoms with E-state index in [1.54, 1.807) is 0 Å². The van der Waals surface area contributed by atoms with Crippen molar-refractivity contribution in [3.05, 3.63) is 32.6 Å². The molecule has 7 heteroatoms. The van der Waals surface area contributed by atoms with E-state index in [2.05, 4.69) is 29.5 Å². The lowest BCUT2D eigenvalue weighted by atomic mass is 9.77. The predicted molar refractivity (Wildman–Crippen MR) is 74.8 cm³/mol. The van der Waals surface area contributed by atoms with Gasteiger partial charge in [-0.25, -0.2) is 4.79 Å². The molecular formula is C13H20N4O3. The predicted octanol–water partition coefficient (Wildman–Crippen LogP) is -0.429. The van der Waals surface area contributed by atoms with Crippen LogP contribution in [0.15, 0.2) is 15.7 Å². The topological polar surface area (TPSA) is 107 Å². The molecule has 0 radical (unpaired) electrons. The zero-order valence-electron chi connectivity index (χ0n) is 11.7. The highest BCUT2D eigenvalue weighted by atomic mass is 16.2. The van der Waals surface area contributed by atoms with E-state index >= 15 is 0 Å². The van der Waals surface area contributed by atoms with Gasteiger partial charge in [-0.15, -0.1) is 0 Å². The monoisotopic (exact) mass is 280 g/mol. The lowest BCUT2D eigenvalue weighted by Gasteiger charge is -2.39. The van der Waals surface area contributed by atoms with Crippen molar-refractivity contribution in [3.63, 3.8) is 0 Å². The average molecular weight is 280 g/mol. The number of amides is 1. The molecule has 1 aliphatic heterocycles. The summed E-state index contributed by atoms with van der Waals surface area (Å²) >= 11 is 0. The summed E-state index contributed by atoms with van der Waals surface area (Å²) in [4.78, 5) is 38.6. The van der Waals surface area contributed by atoms with Crippen LogP contribution in [0, 0.1) is 5.41 Å². The molecular weight excluding hydrogens is 260 g/mol. The van der Waals surface area contributed by atoms with Crippen LogP contribution < -0.4 is 21.9 Å². The summed E-state index contributed by atoms with van der Waals surface area (Å²) in [7, 11) is 0. The van der Waals surface area contributed by atoms with Crippen LogP contribution >= 0.6 is 0 Å². The third-order valence-electron chi connectivity index (χ3n) is 3.80. The van der Waals surface area contributed by atoms with Crippen molar-refractivity contribution in [2.24, 2.45) is 5.41 Å². The fraction of sp³-hybridized carbons (Fsp3) is 0.615. The van der Waals surface area contributed by atoms with E-state index in [-0.39, 0.29) is 17.2 Å². The maximum atomic E-state index is 11.9. The number of aromatic amines is 2. The van der Waals surface area contributed by atoms with E-state index in [1.807, 2.05) is 4.98 Å². The first-order valence-electron chi connectivity index (χ1n) is 6.74. The molecule has 20 heavy (non-hydrogen) atoms. The molecule has 1 aliphatic rings. The van der Waals surface area contributed by atoms with E-state index in [9.17, 15) is 14.4 Å². The van der Waals surface area contributed by atoms with Crippen molar-refractivity contribution in [1.82, 2.24) is 20.6 Å². The molecule has 1 unspecified atom stereocenters. The van der Waals surface area contributed by atoms with Gasteiger partial charge < -0.3 is 15.6 Å². The van der Waals surface area contributed by atoms with E-state index in [0.717, 1.165) is 25.5 Å². The van der Waals surface area contributed by atoms with Crippen molar-refractivity contribution >= 4 is 5.91 Å². The molecule has 1 fully saturated rings. The number of carbonyl (C=O) groups is 1. The zero-order chi connectivity index (χ0) is 14.8. The number of piperidine rings is 1. The number of nitrogens with one attached hydrogen (secondary N) is 4. The molecule has 2 rings (SSSR count). The number of hydrogen-bond acceptors (Lipinski definition) is 4. The molecule has 0 saturated carbocycles. The Morgan fingerprint density at radius 2 is 2.15 bits per heavy atom. The number of H-pyrrole nitrogens is 2. The Balaban J connectivity index is 2.01. The lowest BCUT2D eigenvalue weighted by molar-refractivity contribution is 0.0923. The van der Waals surface area contributed by atoms with Crippen LogP contribution in [0.25, 0.3) is 0 Å². The summed E-state index contributed by atoms with van der Waals surface area (Å²) in [5.41, 5.74) is -1.19. The van der Waals surface area contributed by atoms with Gasteiger partial charge in [0.05, 0.1) is 0 Å². The van der Waals surface area contributed by atoms with Crippen LogP contribution in [0.5, 0.6) is 0 Å². The van der Waals surface area contributed by atoms with Crippen molar-refractivity contribution < 1.29 is 4.79 Å². The van der Waals surface area contributed by atoms with Crippen LogP contribution in [0.2, 0.25) is 0 Å². The molecule has 0 aromatic carbocycles. The number of hydrogen-bond donors (Lipinski definition) is 4. The summed E-state index contributed by atoms with van der Waals surface area (Å²) in [6.45, 7) is 5.71. The van der Waals surface area contributed by atoms with Crippen molar-refractivity contribution in [2.75, 3.05) is 13.1 Å². The van der Waals surface area contributed by atoms with Gasteiger partial charge in [-0.2, -0.15) is 0 Å². The molecule has 1 atom stereocenters. The Kier molecular flexibility index (Phi) is 4.08. The molecule has 110 valence electrons. The first-order valence-corrected chi connectivity index (χ1v) is 6.74. The fourth-order valence-corrected chi connectivity index (χ4v) is 2.50. The third kappa shape index (κ3) is 3.36. The molecule has 1 amide bonds. The second-order valence-electron chi connectivity index (χ2n) is 5.81. The lowest BCUT2D eigenvalue weighted by Crippen LogP contribution is -2.53. The maximum absolute atomic E-state index is 11.9. The second kappa shape index (κ2) is 5.62. The Morgan fingerprint density at radius 3 is 2.80 bits per heavy atom. The standard InChI is InChI=1S/C13H20N4O3/c1-13(2)4-3-5-14-9(13)7-15-11(19)8-6-10(18)17-12(20)16-8/h6,9,14H,3-5,7H2,1-2H3,(H,15,19)(H2,16,17,18,20). The van der Waals surface area contributed by atoms with E-state index < -0.39 is 17.2 Å². The Labute approximate surface area is 116 Å². The molecule has 1 aromatic rings. The van der Waals surface area contributed by atoms with Crippen LogP contribution in [0.1, 0.15) is 37.2 Å². The Morgan fingerprint density at radius 1 is 1.40 bits per heavy atom. The van der Waals surface area contributed by atoms with Crippen molar-refractivity contribution in [3.8, 4) is 0 Å². The summed E-state index contributed by atoms with van der Waals surface area (Å²) in [5, 5.41) is 6.14. The molecule has 0 spiro atoms. The highest BCUT2D eigenvalue weighted by Crippen LogP contribution is 2.29. The minimum Gasteiger partial charge on any atom is -0.349 e. The van der Waals surface area contributed by atoms with Crippen molar-refractivity contribution in [2.45, 2.75) is 32.7 Å². The highest BCUT2D eigenvalue weighted by molar-refractivity contribution is 5.92. The van der Waals surface area contributed by atoms with E-state index in [4.69, 9.17) is 0 Å². The van der Waals surface area contributed by atoms with Gasteiger partial charge in [-0.05, 0) is 24.8 Å². The van der Waals surface area contributed by atoms with Crippen molar-refractivity contribution in [1.29, 1.82) is 0 Å². The number of aromatic nitrogens is 2. The molecule has 0 bridgehead atoms. The fourth-order valence-electron chi connectivity index (χ4n) is 2.50. The van der Waals surface area contributed by atoms with Crippen LogP contribution in [-0.2, 0) is 0 Å². The molecule has 1 saturated heterocycles.